The Hall–Kier alpha value is -0.840. The summed E-state index contributed by atoms with van der Waals surface area (Å²) >= 11 is 0. The lowest BCUT2D eigenvalue weighted by atomic mass is 10.1. The standard InChI is InChI=1S/C15H27N3O/c1-4-16-10-14-6-9-19-15(14)12-17-7-8-18(5-2)13(3)11-17/h6,9,13,16H,4-5,7-8,10-12H2,1-3H3. The molecule has 2 heterocycles. The van der Waals surface area contributed by atoms with Gasteiger partial charge in [-0.15, -0.1) is 0 Å². The van der Waals surface area contributed by atoms with Crippen molar-refractivity contribution in [1.82, 2.24) is 15.1 Å². The number of likely N-dealkylation sites (N-methyl/N-ethyl adjacent to an activating group) is 1. The van der Waals surface area contributed by atoms with Crippen LogP contribution in [0.4, 0.5) is 0 Å². The Morgan fingerprint density at radius 3 is 2.89 bits per heavy atom. The first-order valence-electron chi connectivity index (χ1n) is 7.47. The van der Waals surface area contributed by atoms with Gasteiger partial charge < -0.3 is 9.73 Å². The van der Waals surface area contributed by atoms with Crippen molar-refractivity contribution in [2.24, 2.45) is 0 Å². The fourth-order valence-electron chi connectivity index (χ4n) is 2.81. The third kappa shape index (κ3) is 3.81. The van der Waals surface area contributed by atoms with E-state index in [4.69, 9.17) is 4.42 Å². The summed E-state index contributed by atoms with van der Waals surface area (Å²) in [6, 6.07) is 2.73. The number of furan rings is 1. The van der Waals surface area contributed by atoms with E-state index in [0.29, 0.717) is 6.04 Å². The number of hydrogen-bond acceptors (Lipinski definition) is 4. The molecule has 0 aliphatic carbocycles. The van der Waals surface area contributed by atoms with Gasteiger partial charge in [-0.1, -0.05) is 13.8 Å². The molecule has 1 saturated heterocycles. The highest BCUT2D eigenvalue weighted by molar-refractivity contribution is 5.17. The zero-order valence-corrected chi connectivity index (χ0v) is 12.5. The van der Waals surface area contributed by atoms with Crippen molar-refractivity contribution in [3.05, 3.63) is 23.7 Å². The molecule has 1 aliphatic heterocycles. The Labute approximate surface area is 116 Å². The van der Waals surface area contributed by atoms with Gasteiger partial charge in [-0.3, -0.25) is 9.80 Å². The van der Waals surface area contributed by atoms with Gasteiger partial charge in [0.2, 0.25) is 0 Å². The molecule has 1 aromatic heterocycles. The van der Waals surface area contributed by atoms with Crippen LogP contribution in [0.3, 0.4) is 0 Å². The number of piperazine rings is 1. The van der Waals surface area contributed by atoms with Crippen LogP contribution in [-0.4, -0.2) is 48.6 Å². The predicted molar refractivity (Wildman–Crippen MR) is 78.1 cm³/mol. The summed E-state index contributed by atoms with van der Waals surface area (Å²) < 4.78 is 5.66. The van der Waals surface area contributed by atoms with Crippen molar-refractivity contribution in [2.75, 3.05) is 32.7 Å². The summed E-state index contributed by atoms with van der Waals surface area (Å²) in [5.41, 5.74) is 1.30. The molecule has 1 fully saturated rings. The maximum absolute atomic E-state index is 5.66. The fraction of sp³-hybridized carbons (Fsp3) is 0.733. The molecule has 0 spiro atoms. The third-order valence-electron chi connectivity index (χ3n) is 4.03. The molecular weight excluding hydrogens is 238 g/mol. The van der Waals surface area contributed by atoms with E-state index in [1.54, 1.807) is 0 Å². The number of rotatable bonds is 6. The molecule has 108 valence electrons. The van der Waals surface area contributed by atoms with Crippen LogP contribution in [0.5, 0.6) is 0 Å². The van der Waals surface area contributed by atoms with Crippen molar-refractivity contribution in [1.29, 1.82) is 0 Å². The van der Waals surface area contributed by atoms with E-state index in [-0.39, 0.29) is 0 Å². The first kappa shape index (κ1) is 14.6. The Morgan fingerprint density at radius 1 is 1.37 bits per heavy atom. The molecular formula is C15H27N3O. The van der Waals surface area contributed by atoms with Gasteiger partial charge in [-0.2, -0.15) is 0 Å². The summed E-state index contributed by atoms with van der Waals surface area (Å²) in [5.74, 6) is 1.12. The van der Waals surface area contributed by atoms with Crippen molar-refractivity contribution in [3.8, 4) is 0 Å². The van der Waals surface area contributed by atoms with Gasteiger partial charge in [-0.05, 0) is 26.1 Å². The smallest absolute Gasteiger partial charge is 0.122 e. The van der Waals surface area contributed by atoms with Crippen molar-refractivity contribution >= 4 is 0 Å². The minimum absolute atomic E-state index is 0.644. The fourth-order valence-corrected chi connectivity index (χ4v) is 2.81. The lowest BCUT2D eigenvalue weighted by Crippen LogP contribution is -2.51. The number of hydrogen-bond donors (Lipinski definition) is 1. The molecule has 1 atom stereocenters. The summed E-state index contributed by atoms with van der Waals surface area (Å²) in [5, 5.41) is 3.37. The van der Waals surface area contributed by atoms with Crippen molar-refractivity contribution in [3.63, 3.8) is 0 Å². The first-order valence-corrected chi connectivity index (χ1v) is 7.47. The van der Waals surface area contributed by atoms with E-state index in [1.807, 2.05) is 6.26 Å². The van der Waals surface area contributed by atoms with E-state index in [1.165, 1.54) is 12.1 Å². The van der Waals surface area contributed by atoms with E-state index in [2.05, 4.69) is 42.0 Å². The molecule has 1 aromatic rings. The summed E-state index contributed by atoms with van der Waals surface area (Å²) in [7, 11) is 0. The highest BCUT2D eigenvalue weighted by atomic mass is 16.3. The van der Waals surface area contributed by atoms with E-state index >= 15 is 0 Å². The van der Waals surface area contributed by atoms with Gasteiger partial charge in [0.25, 0.3) is 0 Å². The first-order chi connectivity index (χ1) is 9.24. The molecule has 1 N–H and O–H groups in total. The molecule has 4 heteroatoms. The topological polar surface area (TPSA) is 31.7 Å². The van der Waals surface area contributed by atoms with Gasteiger partial charge in [0.15, 0.2) is 0 Å². The molecule has 0 amide bonds. The Balaban J connectivity index is 1.89. The zero-order chi connectivity index (χ0) is 13.7. The van der Waals surface area contributed by atoms with Gasteiger partial charge in [0, 0.05) is 37.8 Å². The van der Waals surface area contributed by atoms with Crippen LogP contribution in [0.1, 0.15) is 32.1 Å². The van der Waals surface area contributed by atoms with Crippen LogP contribution in [-0.2, 0) is 13.1 Å². The molecule has 1 unspecified atom stereocenters. The molecule has 4 nitrogen and oxygen atoms in total. The number of nitrogens with one attached hydrogen (secondary N) is 1. The van der Waals surface area contributed by atoms with Gasteiger partial charge in [-0.25, -0.2) is 0 Å². The maximum Gasteiger partial charge on any atom is 0.122 e. The average Bonchev–Trinajstić information content (AvgIpc) is 2.84. The number of nitrogens with zero attached hydrogens (tertiary/aromatic N) is 2. The van der Waals surface area contributed by atoms with Gasteiger partial charge in [0.05, 0.1) is 12.8 Å². The van der Waals surface area contributed by atoms with Crippen molar-refractivity contribution < 1.29 is 4.42 Å². The van der Waals surface area contributed by atoms with Crippen LogP contribution < -0.4 is 5.32 Å². The van der Waals surface area contributed by atoms with Crippen LogP contribution >= 0.6 is 0 Å². The normalized spacial score (nSPS) is 21.9. The minimum atomic E-state index is 0.644. The second-order valence-electron chi connectivity index (χ2n) is 5.36. The summed E-state index contributed by atoms with van der Waals surface area (Å²) in [6.07, 6.45) is 1.81. The van der Waals surface area contributed by atoms with Crippen LogP contribution in [0.2, 0.25) is 0 Å². The molecule has 0 aromatic carbocycles. The van der Waals surface area contributed by atoms with E-state index in [9.17, 15) is 0 Å². The molecule has 2 rings (SSSR count). The highest BCUT2D eigenvalue weighted by Crippen LogP contribution is 2.16. The molecule has 0 saturated carbocycles. The average molecular weight is 265 g/mol. The molecule has 19 heavy (non-hydrogen) atoms. The van der Waals surface area contributed by atoms with Crippen LogP contribution in [0, 0.1) is 0 Å². The van der Waals surface area contributed by atoms with E-state index in [0.717, 1.165) is 45.0 Å². The third-order valence-corrected chi connectivity index (χ3v) is 4.03. The molecule has 1 aliphatic rings. The van der Waals surface area contributed by atoms with E-state index < -0.39 is 0 Å². The predicted octanol–water partition coefficient (Wildman–Crippen LogP) is 1.92. The Bertz CT molecular complexity index is 377. The van der Waals surface area contributed by atoms with Gasteiger partial charge in [0.1, 0.15) is 5.76 Å². The SMILES string of the molecule is CCNCc1ccoc1CN1CCN(CC)C(C)C1. The summed E-state index contributed by atoms with van der Waals surface area (Å²) in [6.45, 7) is 14.1. The van der Waals surface area contributed by atoms with Crippen molar-refractivity contribution in [2.45, 2.75) is 39.9 Å². The molecule has 0 radical (unpaired) electrons. The lowest BCUT2D eigenvalue weighted by Gasteiger charge is -2.39. The van der Waals surface area contributed by atoms with Gasteiger partial charge >= 0.3 is 0 Å². The quantitative estimate of drug-likeness (QED) is 0.851. The Kier molecular flexibility index (Phi) is 5.43. The largest absolute Gasteiger partial charge is 0.468 e. The second-order valence-corrected chi connectivity index (χ2v) is 5.36. The second kappa shape index (κ2) is 7.08. The van der Waals surface area contributed by atoms with Crippen LogP contribution in [0.25, 0.3) is 0 Å². The lowest BCUT2D eigenvalue weighted by molar-refractivity contribution is 0.0787. The highest BCUT2D eigenvalue weighted by Gasteiger charge is 2.23. The molecule has 0 bridgehead atoms. The summed E-state index contributed by atoms with van der Waals surface area (Å²) in [4.78, 5) is 5.04. The minimum Gasteiger partial charge on any atom is -0.468 e. The monoisotopic (exact) mass is 265 g/mol. The van der Waals surface area contributed by atoms with Crippen LogP contribution in [0.15, 0.2) is 16.7 Å². The zero-order valence-electron chi connectivity index (χ0n) is 12.5. The Morgan fingerprint density at radius 2 is 2.21 bits per heavy atom. The maximum atomic E-state index is 5.66.